The summed E-state index contributed by atoms with van der Waals surface area (Å²) < 4.78 is 5.51. The molecule has 1 saturated carbocycles. The van der Waals surface area contributed by atoms with Crippen molar-refractivity contribution in [1.29, 1.82) is 0 Å². The zero-order valence-electron chi connectivity index (χ0n) is 11.3. The van der Waals surface area contributed by atoms with Crippen LogP contribution in [0.3, 0.4) is 0 Å². The highest BCUT2D eigenvalue weighted by Crippen LogP contribution is 2.17. The Balaban J connectivity index is 1.66. The van der Waals surface area contributed by atoms with Crippen molar-refractivity contribution in [2.75, 3.05) is 32.8 Å². The molecule has 17 heavy (non-hydrogen) atoms. The van der Waals surface area contributed by atoms with Gasteiger partial charge in [0.1, 0.15) is 0 Å². The summed E-state index contributed by atoms with van der Waals surface area (Å²) in [5.41, 5.74) is 0. The lowest BCUT2D eigenvalue weighted by Gasteiger charge is -2.30. The van der Waals surface area contributed by atoms with E-state index in [1.165, 1.54) is 45.1 Å². The molecular weight excluding hydrogens is 212 g/mol. The summed E-state index contributed by atoms with van der Waals surface area (Å²) in [6.45, 7) is 7.65. The maximum atomic E-state index is 5.51. The number of hydrogen-bond donors (Lipinski definition) is 1. The van der Waals surface area contributed by atoms with E-state index >= 15 is 0 Å². The third kappa shape index (κ3) is 4.57. The molecule has 0 aromatic rings. The van der Waals surface area contributed by atoms with Crippen LogP contribution < -0.4 is 5.32 Å². The SMILES string of the molecule is CC(CNC1CCCCC1)N1CCCOCC1. The third-order valence-electron chi connectivity index (χ3n) is 4.19. The van der Waals surface area contributed by atoms with Crippen LogP contribution in [0.25, 0.3) is 0 Å². The number of nitrogens with one attached hydrogen (secondary N) is 1. The van der Waals surface area contributed by atoms with Crippen molar-refractivity contribution < 1.29 is 4.74 Å². The molecule has 0 aromatic carbocycles. The van der Waals surface area contributed by atoms with E-state index in [0.29, 0.717) is 6.04 Å². The van der Waals surface area contributed by atoms with Crippen molar-refractivity contribution in [3.05, 3.63) is 0 Å². The average molecular weight is 240 g/mol. The van der Waals surface area contributed by atoms with E-state index in [-0.39, 0.29) is 0 Å². The maximum Gasteiger partial charge on any atom is 0.0593 e. The van der Waals surface area contributed by atoms with Crippen LogP contribution >= 0.6 is 0 Å². The first-order valence-corrected chi connectivity index (χ1v) is 7.41. The van der Waals surface area contributed by atoms with Crippen LogP contribution in [0.4, 0.5) is 0 Å². The van der Waals surface area contributed by atoms with E-state index < -0.39 is 0 Å². The zero-order chi connectivity index (χ0) is 11.9. The number of ether oxygens (including phenoxy) is 1. The van der Waals surface area contributed by atoms with Crippen LogP contribution in [-0.2, 0) is 4.74 Å². The standard InChI is InChI=1S/C14H28N2O/c1-13(16-8-5-10-17-11-9-16)12-15-14-6-3-2-4-7-14/h13-15H,2-12H2,1H3. The number of rotatable bonds is 4. The van der Waals surface area contributed by atoms with Gasteiger partial charge >= 0.3 is 0 Å². The summed E-state index contributed by atoms with van der Waals surface area (Å²) in [4.78, 5) is 2.57. The Labute approximate surface area is 106 Å². The van der Waals surface area contributed by atoms with Crippen LogP contribution in [0.5, 0.6) is 0 Å². The minimum Gasteiger partial charge on any atom is -0.380 e. The molecule has 1 saturated heterocycles. The van der Waals surface area contributed by atoms with Crippen LogP contribution in [0, 0.1) is 0 Å². The second-order valence-corrected chi connectivity index (χ2v) is 5.59. The van der Waals surface area contributed by atoms with E-state index in [9.17, 15) is 0 Å². The predicted molar refractivity (Wildman–Crippen MR) is 71.3 cm³/mol. The molecule has 1 aliphatic carbocycles. The summed E-state index contributed by atoms with van der Waals surface area (Å²) in [5, 5.41) is 3.76. The summed E-state index contributed by atoms with van der Waals surface area (Å²) in [7, 11) is 0. The quantitative estimate of drug-likeness (QED) is 0.813. The topological polar surface area (TPSA) is 24.5 Å². The Kier molecular flexibility index (Phi) is 5.75. The fourth-order valence-corrected chi connectivity index (χ4v) is 2.98. The number of nitrogens with zero attached hydrogens (tertiary/aromatic N) is 1. The van der Waals surface area contributed by atoms with E-state index in [2.05, 4.69) is 17.1 Å². The summed E-state index contributed by atoms with van der Waals surface area (Å²) >= 11 is 0. The first-order valence-electron chi connectivity index (χ1n) is 7.41. The highest BCUT2D eigenvalue weighted by molar-refractivity contribution is 4.77. The molecule has 1 heterocycles. The van der Waals surface area contributed by atoms with Gasteiger partial charge in [0.15, 0.2) is 0 Å². The van der Waals surface area contributed by atoms with Gasteiger partial charge in [-0.1, -0.05) is 19.3 Å². The lowest BCUT2D eigenvalue weighted by atomic mass is 9.95. The monoisotopic (exact) mass is 240 g/mol. The Morgan fingerprint density at radius 3 is 2.76 bits per heavy atom. The van der Waals surface area contributed by atoms with Crippen molar-refractivity contribution >= 4 is 0 Å². The summed E-state index contributed by atoms with van der Waals surface area (Å²) in [6, 6.07) is 1.44. The lowest BCUT2D eigenvalue weighted by Crippen LogP contribution is -2.44. The number of hydrogen-bond acceptors (Lipinski definition) is 3. The van der Waals surface area contributed by atoms with E-state index in [1.807, 2.05) is 0 Å². The van der Waals surface area contributed by atoms with Gasteiger partial charge in [-0.25, -0.2) is 0 Å². The summed E-state index contributed by atoms with van der Waals surface area (Å²) in [5.74, 6) is 0. The van der Waals surface area contributed by atoms with Gasteiger partial charge in [0, 0.05) is 38.3 Å². The van der Waals surface area contributed by atoms with Gasteiger partial charge in [-0.2, -0.15) is 0 Å². The van der Waals surface area contributed by atoms with Crippen molar-refractivity contribution in [2.24, 2.45) is 0 Å². The van der Waals surface area contributed by atoms with E-state index in [1.54, 1.807) is 0 Å². The normalized spacial score (nSPS) is 26.6. The molecule has 1 aliphatic heterocycles. The van der Waals surface area contributed by atoms with E-state index in [0.717, 1.165) is 32.3 Å². The molecular formula is C14H28N2O. The molecule has 2 fully saturated rings. The highest BCUT2D eigenvalue weighted by atomic mass is 16.5. The molecule has 1 N–H and O–H groups in total. The van der Waals surface area contributed by atoms with Crippen LogP contribution in [0.15, 0.2) is 0 Å². The second kappa shape index (κ2) is 7.34. The Bertz CT molecular complexity index is 196. The van der Waals surface area contributed by atoms with Crippen molar-refractivity contribution in [3.63, 3.8) is 0 Å². The van der Waals surface area contributed by atoms with Crippen molar-refractivity contribution in [1.82, 2.24) is 10.2 Å². The molecule has 0 radical (unpaired) electrons. The van der Waals surface area contributed by atoms with Gasteiger partial charge in [0.25, 0.3) is 0 Å². The molecule has 0 aromatic heterocycles. The molecule has 100 valence electrons. The van der Waals surface area contributed by atoms with Gasteiger partial charge in [-0.3, -0.25) is 4.90 Å². The smallest absolute Gasteiger partial charge is 0.0593 e. The van der Waals surface area contributed by atoms with Gasteiger partial charge in [0.05, 0.1) is 6.61 Å². The van der Waals surface area contributed by atoms with Gasteiger partial charge in [-0.15, -0.1) is 0 Å². The highest BCUT2D eigenvalue weighted by Gasteiger charge is 2.18. The fraction of sp³-hybridized carbons (Fsp3) is 1.00. The summed E-state index contributed by atoms with van der Waals surface area (Å²) in [6.07, 6.45) is 8.24. The van der Waals surface area contributed by atoms with E-state index in [4.69, 9.17) is 4.74 Å². The van der Waals surface area contributed by atoms with Crippen LogP contribution in [0.2, 0.25) is 0 Å². The second-order valence-electron chi connectivity index (χ2n) is 5.59. The molecule has 0 spiro atoms. The molecule has 1 unspecified atom stereocenters. The van der Waals surface area contributed by atoms with Crippen LogP contribution in [-0.4, -0.2) is 49.8 Å². The molecule has 0 bridgehead atoms. The van der Waals surface area contributed by atoms with Gasteiger partial charge in [0.2, 0.25) is 0 Å². The van der Waals surface area contributed by atoms with Crippen molar-refractivity contribution in [3.8, 4) is 0 Å². The molecule has 2 rings (SSSR count). The van der Waals surface area contributed by atoms with Crippen LogP contribution in [0.1, 0.15) is 45.4 Å². The minimum atomic E-state index is 0.652. The Morgan fingerprint density at radius 2 is 1.94 bits per heavy atom. The van der Waals surface area contributed by atoms with Gasteiger partial charge in [-0.05, 0) is 26.2 Å². The minimum absolute atomic E-state index is 0.652. The first-order chi connectivity index (χ1) is 8.36. The molecule has 3 nitrogen and oxygen atoms in total. The fourth-order valence-electron chi connectivity index (χ4n) is 2.98. The average Bonchev–Trinajstić information content (AvgIpc) is 2.66. The molecule has 3 heteroatoms. The maximum absolute atomic E-state index is 5.51. The first kappa shape index (κ1) is 13.3. The third-order valence-corrected chi connectivity index (χ3v) is 4.19. The van der Waals surface area contributed by atoms with Gasteiger partial charge < -0.3 is 10.1 Å². The lowest BCUT2D eigenvalue weighted by molar-refractivity contribution is 0.132. The molecule has 0 amide bonds. The van der Waals surface area contributed by atoms with Crippen molar-refractivity contribution in [2.45, 2.75) is 57.5 Å². The zero-order valence-corrected chi connectivity index (χ0v) is 11.3. The largest absolute Gasteiger partial charge is 0.380 e. The molecule has 1 atom stereocenters. The predicted octanol–water partition coefficient (Wildman–Crippen LogP) is 2.02. The molecule has 2 aliphatic rings. The Hall–Kier alpha value is -0.120. The Morgan fingerprint density at radius 1 is 1.12 bits per heavy atom.